The first-order valence-electron chi connectivity index (χ1n) is 33.2. The summed E-state index contributed by atoms with van der Waals surface area (Å²) in [6.07, 6.45) is 82.4. The maximum atomic E-state index is 13.6. The van der Waals surface area contributed by atoms with Gasteiger partial charge in [-0.2, -0.15) is 0 Å². The Hall–Kier alpha value is -3.33. The molecular weight excluding hydrogens is 1020 g/mol. The van der Waals surface area contributed by atoms with E-state index < -0.39 is 20.0 Å². The molecule has 0 heterocycles. The van der Waals surface area contributed by atoms with Crippen LogP contribution in [0.4, 0.5) is 0 Å². The van der Waals surface area contributed by atoms with Gasteiger partial charge in [0.05, 0.1) is 33.8 Å². The molecule has 0 aliphatic heterocycles. The van der Waals surface area contributed by atoms with Crippen LogP contribution in [0.5, 0.6) is 0 Å². The van der Waals surface area contributed by atoms with Crippen molar-refractivity contribution in [3.05, 3.63) is 109 Å². The Labute approximate surface area is 500 Å². The van der Waals surface area contributed by atoms with E-state index in [4.69, 9.17) is 13.8 Å². The molecule has 0 aliphatic rings. The number of esters is 1. The molecule has 466 valence electrons. The molecule has 10 heteroatoms. The highest BCUT2D eigenvalue weighted by atomic mass is 31.2. The maximum absolute atomic E-state index is 13.6. The second-order valence-corrected chi connectivity index (χ2v) is 24.7. The molecule has 0 rings (SSSR count). The fraction of sp³-hybridized carbons (Fsp3) is 0.718. The number of hydrogen-bond acceptors (Lipinski definition) is 6. The summed E-state index contributed by atoms with van der Waals surface area (Å²) in [5, 5.41) is 3.05. The summed E-state index contributed by atoms with van der Waals surface area (Å²) in [7, 11) is 1.45. The molecule has 0 aliphatic carbocycles. The van der Waals surface area contributed by atoms with E-state index in [0.717, 1.165) is 96.3 Å². The molecule has 0 radical (unpaired) electrons. The normalized spacial score (nSPS) is 14.3. The van der Waals surface area contributed by atoms with Gasteiger partial charge >= 0.3 is 13.8 Å². The predicted octanol–water partition coefficient (Wildman–Crippen LogP) is 20.9. The number of ether oxygens (including phenoxy) is 1. The number of carbonyl (C=O) groups excluding carboxylic acids is 2. The van der Waals surface area contributed by atoms with Crippen LogP contribution in [0, 0.1) is 0 Å². The lowest BCUT2D eigenvalue weighted by Gasteiger charge is -2.27. The zero-order valence-electron chi connectivity index (χ0n) is 53.2. The quantitative estimate of drug-likeness (QED) is 0.0205. The van der Waals surface area contributed by atoms with Gasteiger partial charge in [-0.3, -0.25) is 18.6 Å². The summed E-state index contributed by atoms with van der Waals surface area (Å²) in [5.74, 6) is -0.579. The van der Waals surface area contributed by atoms with Gasteiger partial charge in [-0.15, -0.1) is 0 Å². The first-order chi connectivity index (χ1) is 39.4. The Bertz CT molecular complexity index is 1750. The lowest BCUT2D eigenvalue weighted by molar-refractivity contribution is -0.870. The highest BCUT2D eigenvalue weighted by Gasteiger charge is 2.30. The Balaban J connectivity index is 5.26. The minimum atomic E-state index is -4.47. The van der Waals surface area contributed by atoms with Crippen LogP contribution in [0.2, 0.25) is 0 Å². The number of quaternary nitrogens is 1. The predicted molar refractivity (Wildman–Crippen MR) is 350 cm³/mol. The fourth-order valence-electron chi connectivity index (χ4n) is 9.03. The molecule has 3 atom stereocenters. The average molecular weight is 1150 g/mol. The van der Waals surface area contributed by atoms with E-state index in [-0.39, 0.29) is 31.5 Å². The van der Waals surface area contributed by atoms with Crippen LogP contribution in [0.25, 0.3) is 0 Å². The molecular formula is C71H126N2O7P+. The highest BCUT2D eigenvalue weighted by molar-refractivity contribution is 7.47. The summed E-state index contributed by atoms with van der Waals surface area (Å²) in [6, 6.07) is -0.881. The number of amides is 1. The summed E-state index contributed by atoms with van der Waals surface area (Å²) in [5.41, 5.74) is 0. The number of allylic oxidation sites excluding steroid dienone is 17. The zero-order chi connectivity index (χ0) is 59.3. The van der Waals surface area contributed by atoms with Crippen molar-refractivity contribution in [1.29, 1.82) is 0 Å². The van der Waals surface area contributed by atoms with Crippen molar-refractivity contribution in [2.24, 2.45) is 0 Å². The Morgan fingerprint density at radius 3 is 1.17 bits per heavy atom. The van der Waals surface area contributed by atoms with E-state index in [1.165, 1.54) is 141 Å². The van der Waals surface area contributed by atoms with E-state index in [1.807, 2.05) is 33.3 Å². The molecule has 0 fully saturated rings. The minimum Gasteiger partial charge on any atom is -0.456 e. The molecule has 0 saturated heterocycles. The lowest BCUT2D eigenvalue weighted by atomic mass is 10.0. The topological polar surface area (TPSA) is 111 Å². The standard InChI is InChI=1S/C71H125N2O7P/c1-7-10-13-16-19-22-25-28-30-32-33-34-35-36-37-38-39-41-42-45-48-51-54-57-60-63-70(74)72-68(67-79-81(76,77)78-66-65-73(4,5)6)69(62-59-56-53-50-47-44-27-24-21-18-15-12-9-3)80-71(75)64-61-58-55-52-49-46-43-40-31-29-26-23-20-17-14-11-8-2/h19-20,22-23,28-31,33-34,36-37,43,46,52,55,59,62,68-69H,7-18,21,24-27,32,35,38-42,44-45,47-51,53-54,56-58,60-61,63-67H2,1-6H3,(H-,72,74,76,77)/p+1/b22-19-,23-20-,30-28-,31-29-,34-33-,37-36-,46-43-,55-52-,62-59-. The number of hydrogen-bond donors (Lipinski definition) is 2. The van der Waals surface area contributed by atoms with Crippen LogP contribution < -0.4 is 5.32 Å². The first-order valence-corrected chi connectivity index (χ1v) is 34.7. The van der Waals surface area contributed by atoms with Crippen LogP contribution in [0.1, 0.15) is 278 Å². The van der Waals surface area contributed by atoms with Crippen molar-refractivity contribution in [2.45, 2.75) is 290 Å². The summed E-state index contributed by atoms with van der Waals surface area (Å²) >= 11 is 0. The number of phosphoric ester groups is 1. The minimum absolute atomic E-state index is 0.0256. The molecule has 0 saturated carbocycles. The van der Waals surface area contributed by atoms with Crippen LogP contribution >= 0.6 is 7.82 Å². The average Bonchev–Trinajstić information content (AvgIpc) is 3.44. The number of phosphoric acid groups is 1. The SMILES string of the molecule is CCCCC/C=C\C/C=C\C/C=C\C/C=C\CCCCCCCCCCCC(=O)NC(COP(=O)(O)OCC[N+](C)(C)C)C(/C=C\CCCCCCCCCCCCC)OC(=O)CCC/C=C\C/C=C\C/C=C\C/C=C\CCCCC. The van der Waals surface area contributed by atoms with Gasteiger partial charge in [0.1, 0.15) is 19.3 Å². The van der Waals surface area contributed by atoms with Crippen LogP contribution in [0.3, 0.4) is 0 Å². The molecule has 1 amide bonds. The second kappa shape index (κ2) is 59.8. The van der Waals surface area contributed by atoms with Gasteiger partial charge < -0.3 is 19.4 Å². The maximum Gasteiger partial charge on any atom is 0.472 e. The molecule has 3 unspecified atom stereocenters. The lowest BCUT2D eigenvalue weighted by Crippen LogP contribution is -2.47. The van der Waals surface area contributed by atoms with Crippen molar-refractivity contribution >= 4 is 19.7 Å². The van der Waals surface area contributed by atoms with Crippen LogP contribution in [-0.4, -0.2) is 74.3 Å². The van der Waals surface area contributed by atoms with Gasteiger partial charge in [0.2, 0.25) is 5.91 Å². The molecule has 2 N–H and O–H groups in total. The van der Waals surface area contributed by atoms with Crippen molar-refractivity contribution in [3.63, 3.8) is 0 Å². The number of rotatable bonds is 59. The van der Waals surface area contributed by atoms with E-state index >= 15 is 0 Å². The first kappa shape index (κ1) is 77.7. The number of carbonyl (C=O) groups is 2. The van der Waals surface area contributed by atoms with Crippen molar-refractivity contribution < 1.29 is 37.3 Å². The monoisotopic (exact) mass is 1150 g/mol. The highest BCUT2D eigenvalue weighted by Crippen LogP contribution is 2.43. The number of nitrogens with one attached hydrogen (secondary N) is 1. The third kappa shape index (κ3) is 61.1. The molecule has 81 heavy (non-hydrogen) atoms. The third-order valence-corrected chi connectivity index (χ3v) is 15.2. The Morgan fingerprint density at radius 2 is 0.765 bits per heavy atom. The Kier molecular flexibility index (Phi) is 57.4. The third-order valence-electron chi connectivity index (χ3n) is 14.2. The van der Waals surface area contributed by atoms with E-state index in [9.17, 15) is 19.0 Å². The molecule has 0 aromatic rings. The largest absolute Gasteiger partial charge is 0.472 e. The molecule has 0 aromatic heterocycles. The Morgan fingerprint density at radius 1 is 0.432 bits per heavy atom. The van der Waals surface area contributed by atoms with Gasteiger partial charge in [-0.05, 0) is 115 Å². The fourth-order valence-corrected chi connectivity index (χ4v) is 9.77. The van der Waals surface area contributed by atoms with E-state index in [0.29, 0.717) is 23.9 Å². The zero-order valence-corrected chi connectivity index (χ0v) is 54.1. The second-order valence-electron chi connectivity index (χ2n) is 23.3. The van der Waals surface area contributed by atoms with Gasteiger partial charge in [-0.25, -0.2) is 4.57 Å². The van der Waals surface area contributed by atoms with Gasteiger partial charge in [-0.1, -0.05) is 259 Å². The molecule has 9 nitrogen and oxygen atoms in total. The number of unbranched alkanes of at least 4 members (excludes halogenated alkanes) is 27. The number of nitrogens with zero attached hydrogens (tertiary/aromatic N) is 1. The van der Waals surface area contributed by atoms with E-state index in [2.05, 4.69) is 123 Å². The van der Waals surface area contributed by atoms with Crippen molar-refractivity contribution in [2.75, 3.05) is 40.9 Å². The summed E-state index contributed by atoms with van der Waals surface area (Å²) < 4.78 is 30.7. The van der Waals surface area contributed by atoms with Crippen molar-refractivity contribution in [1.82, 2.24) is 5.32 Å². The molecule has 0 spiro atoms. The van der Waals surface area contributed by atoms with Gasteiger partial charge in [0.15, 0.2) is 0 Å². The van der Waals surface area contributed by atoms with Crippen LogP contribution in [-0.2, 0) is 27.9 Å². The summed E-state index contributed by atoms with van der Waals surface area (Å²) in [6.45, 7) is 6.92. The van der Waals surface area contributed by atoms with Crippen molar-refractivity contribution in [3.8, 4) is 0 Å². The number of likely N-dealkylation sites (N-methyl/N-ethyl adjacent to an activating group) is 1. The smallest absolute Gasteiger partial charge is 0.456 e. The van der Waals surface area contributed by atoms with Gasteiger partial charge in [0.25, 0.3) is 0 Å². The van der Waals surface area contributed by atoms with E-state index in [1.54, 1.807) is 0 Å². The van der Waals surface area contributed by atoms with Crippen LogP contribution in [0.15, 0.2) is 109 Å². The molecule has 0 bridgehead atoms. The van der Waals surface area contributed by atoms with Gasteiger partial charge in [0, 0.05) is 12.8 Å². The molecule has 0 aromatic carbocycles. The summed E-state index contributed by atoms with van der Waals surface area (Å²) in [4.78, 5) is 37.8.